The number of rotatable bonds is 10. The van der Waals surface area contributed by atoms with Crippen LogP contribution >= 0.6 is 24.0 Å². The molecule has 0 fully saturated rings. The predicted octanol–water partition coefficient (Wildman–Crippen LogP) is 4.55. The fourth-order valence-corrected chi connectivity index (χ4v) is 3.06. The molecule has 0 atom stereocenters. The molecule has 0 saturated heterocycles. The zero-order chi connectivity index (χ0) is 22.4. The van der Waals surface area contributed by atoms with E-state index in [0.29, 0.717) is 22.6 Å². The SMILES string of the molecule is Cl.NC(CO)(CO)CCc1ccc(OCCCc2cc(Cl)ccc2F)c(C(F)(F)F)c1. The van der Waals surface area contributed by atoms with Crippen molar-refractivity contribution in [3.63, 3.8) is 0 Å². The summed E-state index contributed by atoms with van der Waals surface area (Å²) in [6, 6.07) is 7.82. The van der Waals surface area contributed by atoms with E-state index >= 15 is 0 Å². The summed E-state index contributed by atoms with van der Waals surface area (Å²) in [6.07, 6.45) is -3.79. The van der Waals surface area contributed by atoms with Gasteiger partial charge in [-0.1, -0.05) is 17.7 Å². The zero-order valence-electron chi connectivity index (χ0n) is 16.6. The minimum atomic E-state index is -4.63. The van der Waals surface area contributed by atoms with Gasteiger partial charge in [-0.05, 0) is 67.1 Å². The molecule has 0 radical (unpaired) electrons. The van der Waals surface area contributed by atoms with Crippen LogP contribution in [-0.4, -0.2) is 35.6 Å². The normalized spacial score (nSPS) is 11.9. The van der Waals surface area contributed by atoms with Gasteiger partial charge in [-0.25, -0.2) is 4.39 Å². The summed E-state index contributed by atoms with van der Waals surface area (Å²) < 4.78 is 59.4. The Hall–Kier alpha value is -1.58. The lowest BCUT2D eigenvalue weighted by atomic mass is 9.93. The number of aliphatic hydroxyl groups is 2. The largest absolute Gasteiger partial charge is 0.493 e. The molecule has 0 aliphatic heterocycles. The molecule has 0 aliphatic carbocycles. The van der Waals surface area contributed by atoms with Gasteiger partial charge in [0.25, 0.3) is 0 Å². The van der Waals surface area contributed by atoms with E-state index in [2.05, 4.69) is 0 Å². The van der Waals surface area contributed by atoms with Gasteiger partial charge in [0.15, 0.2) is 0 Å². The summed E-state index contributed by atoms with van der Waals surface area (Å²) in [5.41, 5.74) is 4.30. The van der Waals surface area contributed by atoms with Gasteiger partial charge in [0, 0.05) is 5.02 Å². The second-order valence-electron chi connectivity index (χ2n) is 7.19. The van der Waals surface area contributed by atoms with Crippen LogP contribution < -0.4 is 10.5 Å². The molecule has 31 heavy (non-hydrogen) atoms. The van der Waals surface area contributed by atoms with Crippen molar-refractivity contribution in [2.45, 2.75) is 37.4 Å². The van der Waals surface area contributed by atoms with Gasteiger partial charge in [0.05, 0.1) is 30.9 Å². The van der Waals surface area contributed by atoms with Crippen LogP contribution in [0.3, 0.4) is 0 Å². The molecule has 174 valence electrons. The average Bonchev–Trinajstić information content (AvgIpc) is 2.71. The van der Waals surface area contributed by atoms with E-state index in [1.165, 1.54) is 30.3 Å². The van der Waals surface area contributed by atoms with Crippen molar-refractivity contribution in [1.29, 1.82) is 0 Å². The minimum absolute atomic E-state index is 0. The Morgan fingerprint density at radius 3 is 2.29 bits per heavy atom. The van der Waals surface area contributed by atoms with Crippen LogP contribution in [0.25, 0.3) is 0 Å². The molecule has 0 amide bonds. The minimum Gasteiger partial charge on any atom is -0.493 e. The molecule has 4 nitrogen and oxygen atoms in total. The maximum absolute atomic E-state index is 13.7. The Morgan fingerprint density at radius 2 is 1.68 bits per heavy atom. The predicted molar refractivity (Wildman–Crippen MR) is 113 cm³/mol. The maximum Gasteiger partial charge on any atom is 0.419 e. The number of aliphatic hydroxyl groups excluding tert-OH is 2. The number of aryl methyl sites for hydroxylation is 2. The van der Waals surface area contributed by atoms with Crippen LogP contribution in [0.15, 0.2) is 36.4 Å². The summed E-state index contributed by atoms with van der Waals surface area (Å²) in [7, 11) is 0. The van der Waals surface area contributed by atoms with Gasteiger partial charge in [-0.15, -0.1) is 12.4 Å². The summed E-state index contributed by atoms with van der Waals surface area (Å²) in [6.45, 7) is -0.997. The quantitative estimate of drug-likeness (QED) is 0.341. The molecule has 0 bridgehead atoms. The molecule has 2 aromatic carbocycles. The molecule has 0 aliphatic rings. The second kappa shape index (κ2) is 11.9. The first kappa shape index (κ1) is 27.5. The number of ether oxygens (including phenoxy) is 1. The first-order valence-electron chi connectivity index (χ1n) is 9.35. The van der Waals surface area contributed by atoms with Gasteiger partial charge in [0.2, 0.25) is 0 Å². The lowest BCUT2D eigenvalue weighted by Crippen LogP contribution is -2.47. The van der Waals surface area contributed by atoms with Gasteiger partial charge >= 0.3 is 6.18 Å². The fourth-order valence-electron chi connectivity index (χ4n) is 2.86. The Bertz CT molecular complexity index is 846. The summed E-state index contributed by atoms with van der Waals surface area (Å²) in [5.74, 6) is -0.748. The summed E-state index contributed by atoms with van der Waals surface area (Å²) in [4.78, 5) is 0. The Balaban J connectivity index is 0.00000480. The van der Waals surface area contributed by atoms with Crippen LogP contribution in [0.1, 0.15) is 29.5 Å². The average molecular weight is 486 g/mol. The number of hydrogen-bond donors (Lipinski definition) is 3. The van der Waals surface area contributed by atoms with E-state index in [9.17, 15) is 27.8 Å². The van der Waals surface area contributed by atoms with E-state index in [0.717, 1.165) is 6.07 Å². The van der Waals surface area contributed by atoms with Gasteiger partial charge in [-0.3, -0.25) is 0 Å². The van der Waals surface area contributed by atoms with Crippen molar-refractivity contribution in [1.82, 2.24) is 0 Å². The highest BCUT2D eigenvalue weighted by atomic mass is 35.5. The Morgan fingerprint density at radius 1 is 1.00 bits per heavy atom. The monoisotopic (exact) mass is 485 g/mol. The molecular weight excluding hydrogens is 461 g/mol. The molecular formula is C21H25Cl2F4NO3. The number of hydrogen-bond acceptors (Lipinski definition) is 4. The van der Waals surface area contributed by atoms with Crippen LogP contribution in [0.2, 0.25) is 5.02 Å². The maximum atomic E-state index is 13.7. The molecule has 10 heteroatoms. The highest BCUT2D eigenvalue weighted by Crippen LogP contribution is 2.37. The highest BCUT2D eigenvalue weighted by Gasteiger charge is 2.35. The van der Waals surface area contributed by atoms with Gasteiger partial charge < -0.3 is 20.7 Å². The lowest BCUT2D eigenvalue weighted by Gasteiger charge is -2.24. The third-order valence-electron chi connectivity index (χ3n) is 4.75. The molecule has 4 N–H and O–H groups in total. The van der Waals surface area contributed by atoms with E-state index in [1.54, 1.807) is 0 Å². The zero-order valence-corrected chi connectivity index (χ0v) is 18.2. The molecule has 2 rings (SSSR count). The molecule has 0 saturated carbocycles. The third kappa shape index (κ3) is 8.12. The van der Waals surface area contributed by atoms with Gasteiger partial charge in [0.1, 0.15) is 11.6 Å². The van der Waals surface area contributed by atoms with Crippen molar-refractivity contribution >= 4 is 24.0 Å². The lowest BCUT2D eigenvalue weighted by molar-refractivity contribution is -0.139. The molecule has 0 spiro atoms. The third-order valence-corrected chi connectivity index (χ3v) is 4.98. The fraction of sp³-hybridized carbons (Fsp3) is 0.429. The topological polar surface area (TPSA) is 75.7 Å². The van der Waals surface area contributed by atoms with Crippen molar-refractivity contribution in [3.05, 3.63) is 63.9 Å². The van der Waals surface area contributed by atoms with E-state index in [4.69, 9.17) is 22.1 Å². The van der Waals surface area contributed by atoms with Crippen molar-refractivity contribution in [2.75, 3.05) is 19.8 Å². The number of alkyl halides is 3. The second-order valence-corrected chi connectivity index (χ2v) is 7.63. The van der Waals surface area contributed by atoms with Gasteiger partial charge in [-0.2, -0.15) is 13.2 Å². The van der Waals surface area contributed by atoms with E-state index < -0.39 is 36.3 Å². The summed E-state index contributed by atoms with van der Waals surface area (Å²) in [5, 5.41) is 18.8. The van der Waals surface area contributed by atoms with Crippen LogP contribution in [0.5, 0.6) is 5.75 Å². The van der Waals surface area contributed by atoms with E-state index in [-0.39, 0.29) is 44.0 Å². The molecule has 0 heterocycles. The van der Waals surface area contributed by atoms with Crippen molar-refractivity contribution < 1.29 is 32.5 Å². The Kier molecular flexibility index (Phi) is 10.5. The Labute approximate surface area is 189 Å². The summed E-state index contributed by atoms with van der Waals surface area (Å²) >= 11 is 5.83. The molecule has 0 unspecified atom stereocenters. The van der Waals surface area contributed by atoms with Crippen molar-refractivity contribution in [2.24, 2.45) is 5.73 Å². The van der Waals surface area contributed by atoms with Crippen LogP contribution in [0.4, 0.5) is 17.6 Å². The van der Waals surface area contributed by atoms with Crippen molar-refractivity contribution in [3.8, 4) is 5.75 Å². The first-order chi connectivity index (χ1) is 14.1. The number of halogens is 6. The van der Waals surface area contributed by atoms with E-state index in [1.807, 2.05) is 0 Å². The van der Waals surface area contributed by atoms with Crippen LogP contribution in [0, 0.1) is 5.82 Å². The first-order valence-corrected chi connectivity index (χ1v) is 9.73. The standard InChI is InChI=1S/C21H24ClF4NO3.ClH/c22-16-4-5-18(23)15(11-16)2-1-9-30-19-6-3-14(10-17(19)21(24,25)26)7-8-20(27,12-28)13-29;/h3-6,10-11,28-29H,1-2,7-9,12-13,27H2;1H. The number of benzene rings is 2. The van der Waals surface area contributed by atoms with Crippen LogP contribution in [-0.2, 0) is 19.0 Å². The smallest absolute Gasteiger partial charge is 0.419 e. The number of nitrogens with two attached hydrogens (primary N) is 1. The molecule has 2 aromatic rings. The highest BCUT2D eigenvalue weighted by molar-refractivity contribution is 6.30. The molecule has 0 aromatic heterocycles.